The third kappa shape index (κ3) is 5.36. The van der Waals surface area contributed by atoms with Crippen LogP contribution in [0.2, 0.25) is 0 Å². The summed E-state index contributed by atoms with van der Waals surface area (Å²) in [4.78, 5) is 25.9. The standard InChI is InChI=1S/C17H21F2N3O3.ClH/c18-17(19)10-14(20-11-17)16(24)21-13-3-1-12(2-4-13)9-15(23)22-5-7-25-8-6-22;/h1-4,14,20H,5-11H2,(H,21,24);1H. The number of carbonyl (C=O) groups is 2. The van der Waals surface area contributed by atoms with Crippen LogP contribution in [0.5, 0.6) is 0 Å². The number of benzene rings is 1. The van der Waals surface area contributed by atoms with Crippen LogP contribution in [-0.4, -0.2) is 61.5 Å². The lowest BCUT2D eigenvalue weighted by Crippen LogP contribution is -2.41. The quantitative estimate of drug-likeness (QED) is 0.817. The molecule has 2 N–H and O–H groups in total. The fourth-order valence-corrected chi connectivity index (χ4v) is 2.94. The van der Waals surface area contributed by atoms with E-state index in [1.165, 1.54) is 0 Å². The van der Waals surface area contributed by atoms with E-state index in [0.717, 1.165) is 5.56 Å². The van der Waals surface area contributed by atoms with Gasteiger partial charge in [0.2, 0.25) is 11.8 Å². The van der Waals surface area contributed by atoms with Crippen molar-refractivity contribution in [3.63, 3.8) is 0 Å². The minimum Gasteiger partial charge on any atom is -0.378 e. The SMILES string of the molecule is Cl.O=C(Nc1ccc(CC(=O)N2CCOCC2)cc1)C1CC(F)(F)CN1. The lowest BCUT2D eigenvalue weighted by Gasteiger charge is -2.26. The Labute approximate surface area is 156 Å². The zero-order valence-corrected chi connectivity index (χ0v) is 15.0. The molecule has 9 heteroatoms. The molecule has 2 heterocycles. The molecule has 1 aromatic carbocycles. The molecule has 0 saturated carbocycles. The second kappa shape index (κ2) is 8.75. The number of amides is 2. The molecule has 6 nitrogen and oxygen atoms in total. The Kier molecular flexibility index (Phi) is 6.91. The fourth-order valence-electron chi connectivity index (χ4n) is 2.94. The van der Waals surface area contributed by atoms with Crippen LogP contribution < -0.4 is 10.6 Å². The van der Waals surface area contributed by atoms with E-state index in [1.54, 1.807) is 29.2 Å². The molecule has 0 radical (unpaired) electrons. The first-order valence-corrected chi connectivity index (χ1v) is 8.29. The highest BCUT2D eigenvalue weighted by molar-refractivity contribution is 5.95. The zero-order chi connectivity index (χ0) is 17.9. The average Bonchev–Trinajstić information content (AvgIpc) is 2.97. The first-order chi connectivity index (χ1) is 11.9. The molecule has 1 unspecified atom stereocenters. The molecule has 2 amide bonds. The number of morpholine rings is 1. The van der Waals surface area contributed by atoms with Crippen molar-refractivity contribution in [2.45, 2.75) is 24.8 Å². The number of ether oxygens (including phenoxy) is 1. The number of alkyl halides is 2. The smallest absolute Gasteiger partial charge is 0.262 e. The van der Waals surface area contributed by atoms with E-state index in [-0.39, 0.29) is 24.7 Å². The summed E-state index contributed by atoms with van der Waals surface area (Å²) in [6.07, 6.45) is -0.213. The number of nitrogens with zero attached hydrogens (tertiary/aromatic N) is 1. The van der Waals surface area contributed by atoms with E-state index in [2.05, 4.69) is 10.6 Å². The van der Waals surface area contributed by atoms with Crippen molar-refractivity contribution in [1.82, 2.24) is 10.2 Å². The summed E-state index contributed by atoms with van der Waals surface area (Å²) in [6.45, 7) is 1.85. The number of hydrogen-bond acceptors (Lipinski definition) is 4. The molecule has 3 rings (SSSR count). The van der Waals surface area contributed by atoms with Gasteiger partial charge in [-0.2, -0.15) is 0 Å². The van der Waals surface area contributed by atoms with Gasteiger partial charge in [0.1, 0.15) is 0 Å². The van der Waals surface area contributed by atoms with Crippen LogP contribution in [0.15, 0.2) is 24.3 Å². The highest BCUT2D eigenvalue weighted by Gasteiger charge is 2.42. The van der Waals surface area contributed by atoms with E-state index in [0.29, 0.717) is 32.0 Å². The van der Waals surface area contributed by atoms with E-state index in [4.69, 9.17) is 4.74 Å². The zero-order valence-electron chi connectivity index (χ0n) is 14.2. The van der Waals surface area contributed by atoms with Crippen LogP contribution >= 0.6 is 12.4 Å². The van der Waals surface area contributed by atoms with Gasteiger partial charge in [-0.25, -0.2) is 8.78 Å². The summed E-state index contributed by atoms with van der Waals surface area (Å²) >= 11 is 0. The summed E-state index contributed by atoms with van der Waals surface area (Å²) < 4.78 is 31.5. The molecular weight excluding hydrogens is 368 g/mol. The van der Waals surface area contributed by atoms with E-state index in [1.807, 2.05) is 0 Å². The first kappa shape index (κ1) is 20.5. The second-order valence-corrected chi connectivity index (χ2v) is 6.35. The van der Waals surface area contributed by atoms with Crippen molar-refractivity contribution in [2.75, 3.05) is 38.2 Å². The van der Waals surface area contributed by atoms with Crippen LogP contribution in [-0.2, 0) is 20.7 Å². The molecule has 144 valence electrons. The van der Waals surface area contributed by atoms with E-state index >= 15 is 0 Å². The third-order valence-electron chi connectivity index (χ3n) is 4.37. The number of carbonyl (C=O) groups excluding carboxylic acids is 2. The Bertz CT molecular complexity index is 637. The molecule has 1 atom stereocenters. The maximum absolute atomic E-state index is 13.1. The van der Waals surface area contributed by atoms with Crippen molar-refractivity contribution in [2.24, 2.45) is 0 Å². The summed E-state index contributed by atoms with van der Waals surface area (Å²) in [5, 5.41) is 5.14. The topological polar surface area (TPSA) is 70.7 Å². The van der Waals surface area contributed by atoms with Gasteiger partial charge in [-0.05, 0) is 17.7 Å². The molecule has 26 heavy (non-hydrogen) atoms. The van der Waals surface area contributed by atoms with E-state index in [9.17, 15) is 18.4 Å². The lowest BCUT2D eigenvalue weighted by molar-refractivity contribution is -0.134. The molecule has 0 aromatic heterocycles. The van der Waals surface area contributed by atoms with Gasteiger partial charge in [0, 0.05) is 25.2 Å². The largest absolute Gasteiger partial charge is 0.378 e. The Morgan fingerprint density at radius 2 is 1.88 bits per heavy atom. The third-order valence-corrected chi connectivity index (χ3v) is 4.37. The van der Waals surface area contributed by atoms with Gasteiger partial charge >= 0.3 is 0 Å². The molecule has 0 aliphatic carbocycles. The lowest BCUT2D eigenvalue weighted by atomic mass is 10.1. The summed E-state index contributed by atoms with van der Waals surface area (Å²) in [5.74, 6) is -3.28. The van der Waals surface area contributed by atoms with Crippen LogP contribution in [0.3, 0.4) is 0 Å². The molecule has 0 spiro atoms. The number of rotatable bonds is 4. The Morgan fingerprint density at radius 1 is 1.23 bits per heavy atom. The molecule has 2 fully saturated rings. The number of nitrogens with one attached hydrogen (secondary N) is 2. The van der Waals surface area contributed by atoms with Gasteiger partial charge in [-0.1, -0.05) is 12.1 Å². The maximum Gasteiger partial charge on any atom is 0.262 e. The van der Waals surface area contributed by atoms with Gasteiger partial charge in [-0.15, -0.1) is 12.4 Å². The van der Waals surface area contributed by atoms with Gasteiger partial charge in [0.05, 0.1) is 32.2 Å². The fraction of sp³-hybridized carbons (Fsp3) is 0.529. The molecule has 1 aromatic rings. The van der Waals surface area contributed by atoms with Gasteiger partial charge in [0.15, 0.2) is 0 Å². The molecule has 2 aliphatic heterocycles. The first-order valence-electron chi connectivity index (χ1n) is 8.29. The molecule has 0 bridgehead atoms. The predicted octanol–water partition coefficient (Wildman–Crippen LogP) is 1.45. The molecule has 2 aliphatic rings. The normalized spacial score (nSPS) is 21.8. The van der Waals surface area contributed by atoms with Gasteiger partial charge in [0.25, 0.3) is 5.92 Å². The molecular formula is C17H22ClF2N3O3. The Morgan fingerprint density at radius 3 is 2.46 bits per heavy atom. The van der Waals surface area contributed by atoms with Crippen LogP contribution in [0.4, 0.5) is 14.5 Å². The van der Waals surface area contributed by atoms with Gasteiger partial charge < -0.3 is 15.0 Å². The predicted molar refractivity (Wildman–Crippen MR) is 94.8 cm³/mol. The monoisotopic (exact) mass is 389 g/mol. The van der Waals surface area contributed by atoms with Crippen molar-refractivity contribution < 1.29 is 23.1 Å². The van der Waals surface area contributed by atoms with Crippen LogP contribution in [0.1, 0.15) is 12.0 Å². The number of hydrogen-bond donors (Lipinski definition) is 2. The summed E-state index contributed by atoms with van der Waals surface area (Å²) in [7, 11) is 0. The number of halogens is 3. The minimum atomic E-state index is -2.84. The van der Waals surface area contributed by atoms with Crippen molar-refractivity contribution in [1.29, 1.82) is 0 Å². The average molecular weight is 390 g/mol. The second-order valence-electron chi connectivity index (χ2n) is 6.35. The molecule has 2 saturated heterocycles. The minimum absolute atomic E-state index is 0. The maximum atomic E-state index is 13.1. The Hall–Kier alpha value is -1.77. The van der Waals surface area contributed by atoms with Crippen molar-refractivity contribution in [3.8, 4) is 0 Å². The highest BCUT2D eigenvalue weighted by atomic mass is 35.5. The van der Waals surface area contributed by atoms with Gasteiger partial charge in [-0.3, -0.25) is 14.9 Å². The Balaban J connectivity index is 0.00000243. The van der Waals surface area contributed by atoms with E-state index < -0.39 is 30.8 Å². The highest BCUT2D eigenvalue weighted by Crippen LogP contribution is 2.25. The summed E-state index contributed by atoms with van der Waals surface area (Å²) in [6, 6.07) is 5.97. The number of anilines is 1. The van der Waals surface area contributed by atoms with Crippen LogP contribution in [0, 0.1) is 0 Å². The summed E-state index contributed by atoms with van der Waals surface area (Å²) in [5.41, 5.74) is 1.35. The van der Waals surface area contributed by atoms with Crippen molar-refractivity contribution in [3.05, 3.63) is 29.8 Å². The van der Waals surface area contributed by atoms with Crippen molar-refractivity contribution >= 4 is 29.9 Å². The van der Waals surface area contributed by atoms with Crippen LogP contribution in [0.25, 0.3) is 0 Å².